The highest BCUT2D eigenvalue weighted by atomic mass is 16.5. The maximum absolute atomic E-state index is 5.54. The second-order valence-corrected chi connectivity index (χ2v) is 8.57. The summed E-state index contributed by atoms with van der Waals surface area (Å²) in [6.07, 6.45) is 6.92. The van der Waals surface area contributed by atoms with E-state index in [2.05, 4.69) is 34.0 Å². The number of fused-ring (bicyclic) bond motifs is 1. The molecule has 5 nitrogen and oxygen atoms in total. The van der Waals surface area contributed by atoms with Crippen LogP contribution in [0, 0.1) is 17.8 Å². The van der Waals surface area contributed by atoms with Crippen LogP contribution in [0.2, 0.25) is 0 Å². The summed E-state index contributed by atoms with van der Waals surface area (Å²) < 4.78 is 5.54. The van der Waals surface area contributed by atoms with E-state index in [-0.39, 0.29) is 0 Å². The van der Waals surface area contributed by atoms with E-state index >= 15 is 0 Å². The fourth-order valence-electron chi connectivity index (χ4n) is 4.97. The molecule has 5 heteroatoms. The monoisotopic (exact) mass is 350 g/mol. The Morgan fingerprint density at radius 3 is 2.32 bits per heavy atom. The molecule has 2 aliphatic heterocycles. The van der Waals surface area contributed by atoms with Crippen LogP contribution in [0.3, 0.4) is 0 Å². The third-order valence-electron chi connectivity index (χ3n) is 6.29. The van der Waals surface area contributed by atoms with Crippen LogP contribution < -0.4 is 5.32 Å². The van der Waals surface area contributed by atoms with Crippen LogP contribution >= 0.6 is 0 Å². The van der Waals surface area contributed by atoms with Gasteiger partial charge in [0.2, 0.25) is 0 Å². The number of hydrogen-bond donors (Lipinski definition) is 1. The number of rotatable bonds is 5. The fourth-order valence-corrected chi connectivity index (χ4v) is 4.97. The van der Waals surface area contributed by atoms with E-state index in [1.165, 1.54) is 45.2 Å². The highest BCUT2D eigenvalue weighted by molar-refractivity contribution is 5.80. The van der Waals surface area contributed by atoms with Crippen LogP contribution in [0.4, 0.5) is 0 Å². The third kappa shape index (κ3) is 5.10. The quantitative estimate of drug-likeness (QED) is 0.611. The standard InChI is InChI=1S/C20H38N4O/c1-16(2)12-19(23-8-10-25-11-9-23)13-22-20(21-3)24-14-17-6-4-5-7-18(17)15-24/h16-19H,4-15H2,1-3H3,(H,21,22). The minimum Gasteiger partial charge on any atom is -0.379 e. The van der Waals surface area contributed by atoms with Crippen LogP contribution in [0.25, 0.3) is 0 Å². The lowest BCUT2D eigenvalue weighted by Gasteiger charge is -2.36. The van der Waals surface area contributed by atoms with Gasteiger partial charge in [-0.05, 0) is 37.0 Å². The van der Waals surface area contributed by atoms with Crippen molar-refractivity contribution in [3.8, 4) is 0 Å². The van der Waals surface area contributed by atoms with E-state index in [0.29, 0.717) is 12.0 Å². The molecule has 3 fully saturated rings. The Balaban J connectivity index is 1.54. The van der Waals surface area contributed by atoms with Gasteiger partial charge in [0, 0.05) is 45.8 Å². The van der Waals surface area contributed by atoms with Crippen molar-refractivity contribution in [1.29, 1.82) is 0 Å². The average Bonchev–Trinajstić information content (AvgIpc) is 3.05. The Morgan fingerprint density at radius 1 is 1.12 bits per heavy atom. The number of guanidine groups is 1. The predicted molar refractivity (Wildman–Crippen MR) is 104 cm³/mol. The number of nitrogens with zero attached hydrogens (tertiary/aromatic N) is 3. The third-order valence-corrected chi connectivity index (χ3v) is 6.29. The molecule has 0 spiro atoms. The molecule has 3 unspecified atom stereocenters. The van der Waals surface area contributed by atoms with Crippen molar-refractivity contribution in [3.05, 3.63) is 0 Å². The van der Waals surface area contributed by atoms with Gasteiger partial charge in [0.15, 0.2) is 5.96 Å². The van der Waals surface area contributed by atoms with Gasteiger partial charge < -0.3 is 15.0 Å². The summed E-state index contributed by atoms with van der Waals surface area (Å²) in [5.41, 5.74) is 0. The van der Waals surface area contributed by atoms with Gasteiger partial charge in [0.05, 0.1) is 13.2 Å². The Bertz CT molecular complexity index is 419. The van der Waals surface area contributed by atoms with Crippen molar-refractivity contribution < 1.29 is 4.74 Å². The molecule has 0 radical (unpaired) electrons. The van der Waals surface area contributed by atoms with E-state index in [9.17, 15) is 0 Å². The first-order valence-electron chi connectivity index (χ1n) is 10.4. The zero-order valence-corrected chi connectivity index (χ0v) is 16.5. The largest absolute Gasteiger partial charge is 0.379 e. The van der Waals surface area contributed by atoms with Crippen molar-refractivity contribution in [3.63, 3.8) is 0 Å². The van der Waals surface area contributed by atoms with Gasteiger partial charge in [0.25, 0.3) is 0 Å². The summed E-state index contributed by atoms with van der Waals surface area (Å²) in [5.74, 6) is 3.64. The van der Waals surface area contributed by atoms with Gasteiger partial charge in [0.1, 0.15) is 0 Å². The van der Waals surface area contributed by atoms with Crippen molar-refractivity contribution in [1.82, 2.24) is 15.1 Å². The summed E-state index contributed by atoms with van der Waals surface area (Å²) in [5, 5.41) is 3.72. The molecule has 1 saturated carbocycles. The second kappa shape index (κ2) is 9.22. The van der Waals surface area contributed by atoms with Crippen molar-refractivity contribution >= 4 is 5.96 Å². The molecule has 25 heavy (non-hydrogen) atoms. The van der Waals surface area contributed by atoms with Gasteiger partial charge in [-0.1, -0.05) is 26.7 Å². The normalized spacial score (nSPS) is 29.8. The molecule has 0 amide bonds. The van der Waals surface area contributed by atoms with E-state index < -0.39 is 0 Å². The summed E-state index contributed by atoms with van der Waals surface area (Å²) in [6, 6.07) is 0.575. The van der Waals surface area contributed by atoms with Crippen LogP contribution in [0.5, 0.6) is 0 Å². The predicted octanol–water partition coefficient (Wildman–Crippen LogP) is 2.43. The minimum atomic E-state index is 0.575. The highest BCUT2D eigenvalue weighted by Gasteiger charge is 2.35. The van der Waals surface area contributed by atoms with E-state index in [1.807, 2.05) is 7.05 Å². The molecule has 0 aromatic carbocycles. The molecule has 1 N–H and O–H groups in total. The zero-order valence-electron chi connectivity index (χ0n) is 16.5. The lowest BCUT2D eigenvalue weighted by atomic mass is 9.82. The van der Waals surface area contributed by atoms with Gasteiger partial charge in [-0.3, -0.25) is 9.89 Å². The molecule has 3 rings (SSSR count). The second-order valence-electron chi connectivity index (χ2n) is 8.57. The van der Waals surface area contributed by atoms with E-state index in [0.717, 1.165) is 50.6 Å². The fraction of sp³-hybridized carbons (Fsp3) is 0.950. The summed E-state index contributed by atoms with van der Waals surface area (Å²) in [7, 11) is 1.94. The first kappa shape index (κ1) is 19.0. The van der Waals surface area contributed by atoms with Gasteiger partial charge in [-0.25, -0.2) is 0 Å². The number of ether oxygens (including phenoxy) is 1. The SMILES string of the molecule is CN=C(NCC(CC(C)C)N1CCOCC1)N1CC2CCCCC2C1. The van der Waals surface area contributed by atoms with Gasteiger partial charge in [-0.15, -0.1) is 0 Å². The van der Waals surface area contributed by atoms with Crippen molar-refractivity contribution in [2.45, 2.75) is 52.0 Å². The summed E-state index contributed by atoms with van der Waals surface area (Å²) in [4.78, 5) is 9.74. The maximum atomic E-state index is 5.54. The number of nitrogens with one attached hydrogen (secondary N) is 1. The summed E-state index contributed by atoms with van der Waals surface area (Å²) in [6.45, 7) is 11.9. The highest BCUT2D eigenvalue weighted by Crippen LogP contribution is 2.35. The Morgan fingerprint density at radius 2 is 1.76 bits per heavy atom. The van der Waals surface area contributed by atoms with Crippen LogP contribution in [-0.2, 0) is 4.74 Å². The minimum absolute atomic E-state index is 0.575. The number of morpholine rings is 1. The first-order chi connectivity index (χ1) is 12.2. The van der Waals surface area contributed by atoms with E-state index in [4.69, 9.17) is 4.74 Å². The topological polar surface area (TPSA) is 40.1 Å². The molecule has 2 saturated heterocycles. The first-order valence-corrected chi connectivity index (χ1v) is 10.4. The average molecular weight is 351 g/mol. The molecular weight excluding hydrogens is 312 g/mol. The molecule has 0 aromatic heterocycles. The molecule has 3 aliphatic rings. The maximum Gasteiger partial charge on any atom is 0.193 e. The molecule has 144 valence electrons. The Labute approximate surface area is 154 Å². The zero-order chi connectivity index (χ0) is 17.6. The Kier molecular flexibility index (Phi) is 7.00. The van der Waals surface area contributed by atoms with Crippen LogP contribution in [0.1, 0.15) is 46.0 Å². The molecule has 3 atom stereocenters. The summed E-state index contributed by atoms with van der Waals surface area (Å²) >= 11 is 0. The molecule has 0 bridgehead atoms. The van der Waals surface area contributed by atoms with Crippen molar-refractivity contribution in [2.24, 2.45) is 22.7 Å². The number of likely N-dealkylation sites (tertiary alicyclic amines) is 1. The Hall–Kier alpha value is -0.810. The molecule has 0 aromatic rings. The van der Waals surface area contributed by atoms with Gasteiger partial charge in [-0.2, -0.15) is 0 Å². The molecular formula is C20H38N4O. The van der Waals surface area contributed by atoms with Gasteiger partial charge >= 0.3 is 0 Å². The molecule has 2 heterocycles. The lowest BCUT2D eigenvalue weighted by molar-refractivity contribution is 0.0131. The number of hydrogen-bond acceptors (Lipinski definition) is 3. The lowest BCUT2D eigenvalue weighted by Crippen LogP contribution is -2.51. The van der Waals surface area contributed by atoms with Crippen LogP contribution in [0.15, 0.2) is 4.99 Å². The molecule has 1 aliphatic carbocycles. The van der Waals surface area contributed by atoms with E-state index in [1.54, 1.807) is 0 Å². The number of aliphatic imine (C=N–C) groups is 1. The van der Waals surface area contributed by atoms with Crippen molar-refractivity contribution in [2.75, 3.05) is 53.0 Å². The van der Waals surface area contributed by atoms with Crippen LogP contribution in [-0.4, -0.2) is 74.8 Å². The smallest absolute Gasteiger partial charge is 0.193 e.